The third-order valence-electron chi connectivity index (χ3n) is 3.32. The highest BCUT2D eigenvalue weighted by atomic mass is 16.6. The first-order chi connectivity index (χ1) is 10.1. The first kappa shape index (κ1) is 13.3. The Hall–Kier alpha value is -2.70. The van der Waals surface area contributed by atoms with Crippen molar-refractivity contribution in [2.75, 3.05) is 13.2 Å². The van der Waals surface area contributed by atoms with Crippen molar-refractivity contribution in [1.29, 1.82) is 0 Å². The van der Waals surface area contributed by atoms with E-state index in [1.54, 1.807) is 25.1 Å². The van der Waals surface area contributed by atoms with Gasteiger partial charge in [0.15, 0.2) is 11.5 Å². The fourth-order valence-electron chi connectivity index (χ4n) is 2.29. The van der Waals surface area contributed by atoms with Gasteiger partial charge in [-0.25, -0.2) is 9.36 Å². The summed E-state index contributed by atoms with van der Waals surface area (Å²) in [7, 11) is 0. The van der Waals surface area contributed by atoms with Crippen molar-refractivity contribution >= 4 is 0 Å². The molecule has 2 heterocycles. The number of hydrogen-bond acceptors (Lipinski definition) is 5. The van der Waals surface area contributed by atoms with Crippen LogP contribution in [0.5, 0.6) is 17.4 Å². The van der Waals surface area contributed by atoms with Gasteiger partial charge in [-0.3, -0.25) is 9.78 Å². The molecule has 0 spiro atoms. The molecule has 3 rings (SSSR count). The van der Waals surface area contributed by atoms with Gasteiger partial charge >= 0.3 is 5.69 Å². The Morgan fingerprint density at radius 1 is 1.24 bits per heavy atom. The summed E-state index contributed by atoms with van der Waals surface area (Å²) in [6, 6.07) is 4.87. The predicted octanol–water partition coefficient (Wildman–Crippen LogP) is 0.565. The summed E-state index contributed by atoms with van der Waals surface area (Å²) in [5, 5.41) is 10.2. The zero-order valence-electron chi connectivity index (χ0n) is 11.4. The van der Waals surface area contributed by atoms with E-state index in [-0.39, 0.29) is 11.4 Å². The van der Waals surface area contributed by atoms with Crippen LogP contribution in [0.15, 0.2) is 27.8 Å². The minimum atomic E-state index is -0.702. The Morgan fingerprint density at radius 2 is 1.95 bits per heavy atom. The molecule has 0 fully saturated rings. The normalized spacial score (nSPS) is 13.2. The molecule has 1 aromatic heterocycles. The van der Waals surface area contributed by atoms with Crippen LogP contribution in [0.25, 0.3) is 5.69 Å². The number of aromatic hydroxyl groups is 1. The number of rotatable bonds is 2. The summed E-state index contributed by atoms with van der Waals surface area (Å²) in [6.07, 6.45) is 0.312. The molecule has 0 atom stereocenters. The van der Waals surface area contributed by atoms with Crippen molar-refractivity contribution in [2.24, 2.45) is 0 Å². The number of benzene rings is 1. The van der Waals surface area contributed by atoms with Gasteiger partial charge < -0.3 is 14.6 Å². The Kier molecular flexibility index (Phi) is 3.17. The lowest BCUT2D eigenvalue weighted by molar-refractivity contribution is 0.171. The van der Waals surface area contributed by atoms with Crippen LogP contribution in [-0.4, -0.2) is 27.9 Å². The van der Waals surface area contributed by atoms with Gasteiger partial charge in [-0.2, -0.15) is 0 Å². The molecule has 0 radical (unpaired) electrons. The summed E-state index contributed by atoms with van der Waals surface area (Å²) < 4.78 is 11.9. The molecule has 0 bridgehead atoms. The molecule has 7 nitrogen and oxygen atoms in total. The molecule has 0 aliphatic carbocycles. The lowest BCUT2D eigenvalue weighted by atomic mass is 10.2. The maximum atomic E-state index is 12.0. The Bertz CT molecular complexity index is 806. The molecule has 1 aliphatic heterocycles. The van der Waals surface area contributed by atoms with Gasteiger partial charge in [0.1, 0.15) is 13.2 Å². The topological polar surface area (TPSA) is 93.6 Å². The van der Waals surface area contributed by atoms with E-state index < -0.39 is 11.2 Å². The van der Waals surface area contributed by atoms with Crippen LogP contribution < -0.4 is 20.7 Å². The number of ether oxygens (including phenoxy) is 2. The quantitative estimate of drug-likeness (QED) is 0.843. The molecule has 1 aromatic carbocycles. The summed E-state index contributed by atoms with van der Waals surface area (Å²) in [5.41, 5.74) is -0.725. The maximum absolute atomic E-state index is 12.0. The molecule has 0 saturated carbocycles. The number of nitrogens with zero attached hydrogens (tertiary/aromatic N) is 1. The fourth-order valence-corrected chi connectivity index (χ4v) is 2.29. The van der Waals surface area contributed by atoms with Gasteiger partial charge in [-0.1, -0.05) is 6.92 Å². The van der Waals surface area contributed by atoms with E-state index in [4.69, 9.17) is 9.47 Å². The van der Waals surface area contributed by atoms with Gasteiger partial charge in [0.05, 0.1) is 11.3 Å². The number of nitrogens with one attached hydrogen (secondary N) is 1. The first-order valence-electron chi connectivity index (χ1n) is 6.59. The molecule has 0 saturated heterocycles. The molecule has 110 valence electrons. The third kappa shape index (κ3) is 2.16. The summed E-state index contributed by atoms with van der Waals surface area (Å²) in [4.78, 5) is 25.8. The second kappa shape index (κ2) is 5.01. The summed E-state index contributed by atoms with van der Waals surface area (Å²) in [5.74, 6) is 0.718. The summed E-state index contributed by atoms with van der Waals surface area (Å²) in [6.45, 7) is 2.61. The molecule has 7 heteroatoms. The highest BCUT2D eigenvalue weighted by molar-refractivity contribution is 5.50. The lowest BCUT2D eigenvalue weighted by Crippen LogP contribution is -2.31. The van der Waals surface area contributed by atoms with E-state index in [0.29, 0.717) is 36.8 Å². The van der Waals surface area contributed by atoms with Gasteiger partial charge in [-0.05, 0) is 18.6 Å². The van der Waals surface area contributed by atoms with Crippen molar-refractivity contribution < 1.29 is 14.6 Å². The van der Waals surface area contributed by atoms with Crippen LogP contribution in [0, 0.1) is 0 Å². The third-order valence-corrected chi connectivity index (χ3v) is 3.32. The minimum absolute atomic E-state index is 0.157. The molecule has 21 heavy (non-hydrogen) atoms. The zero-order chi connectivity index (χ0) is 15.0. The highest BCUT2D eigenvalue weighted by Crippen LogP contribution is 2.32. The minimum Gasteiger partial charge on any atom is -0.494 e. The van der Waals surface area contributed by atoms with E-state index in [0.717, 1.165) is 4.57 Å². The van der Waals surface area contributed by atoms with E-state index in [1.807, 2.05) is 0 Å². The van der Waals surface area contributed by atoms with Crippen LogP contribution in [0.3, 0.4) is 0 Å². The fraction of sp³-hybridized carbons (Fsp3) is 0.286. The van der Waals surface area contributed by atoms with Crippen LogP contribution >= 0.6 is 0 Å². The van der Waals surface area contributed by atoms with Crippen LogP contribution in [-0.2, 0) is 6.42 Å². The van der Waals surface area contributed by atoms with E-state index >= 15 is 0 Å². The maximum Gasteiger partial charge on any atom is 0.335 e. The number of hydrogen-bond donors (Lipinski definition) is 2. The van der Waals surface area contributed by atoms with Crippen molar-refractivity contribution in [1.82, 2.24) is 9.55 Å². The van der Waals surface area contributed by atoms with Crippen molar-refractivity contribution in [2.45, 2.75) is 13.3 Å². The van der Waals surface area contributed by atoms with Gasteiger partial charge in [0, 0.05) is 6.07 Å². The van der Waals surface area contributed by atoms with Crippen LogP contribution in [0.1, 0.15) is 12.5 Å². The average Bonchev–Trinajstić information content (AvgIpc) is 2.47. The molecule has 0 amide bonds. The van der Waals surface area contributed by atoms with E-state index in [2.05, 4.69) is 4.98 Å². The second-order valence-corrected chi connectivity index (χ2v) is 4.58. The standard InChI is InChI=1S/C14H14N2O5/c1-2-9-12(17)15-14(19)16(13(9)18)8-3-4-10-11(7-8)21-6-5-20-10/h3-4,7,18H,2,5-6H2,1H3,(H,15,17,19). The van der Waals surface area contributed by atoms with Crippen molar-refractivity contribution in [3.63, 3.8) is 0 Å². The molecular formula is C14H14N2O5. The molecule has 2 N–H and O–H groups in total. The first-order valence-corrected chi connectivity index (χ1v) is 6.59. The summed E-state index contributed by atoms with van der Waals surface area (Å²) >= 11 is 0. The largest absolute Gasteiger partial charge is 0.494 e. The van der Waals surface area contributed by atoms with Crippen molar-refractivity contribution in [3.8, 4) is 23.1 Å². The molecular weight excluding hydrogens is 276 g/mol. The molecule has 0 unspecified atom stereocenters. The Morgan fingerprint density at radius 3 is 2.67 bits per heavy atom. The number of fused-ring (bicyclic) bond motifs is 1. The van der Waals surface area contributed by atoms with Crippen LogP contribution in [0.2, 0.25) is 0 Å². The van der Waals surface area contributed by atoms with Crippen LogP contribution in [0.4, 0.5) is 0 Å². The van der Waals surface area contributed by atoms with Gasteiger partial charge in [0.2, 0.25) is 5.88 Å². The Balaban J connectivity index is 2.21. The molecule has 2 aromatic rings. The highest BCUT2D eigenvalue weighted by Gasteiger charge is 2.17. The van der Waals surface area contributed by atoms with Gasteiger partial charge in [0.25, 0.3) is 5.56 Å². The van der Waals surface area contributed by atoms with E-state index in [1.165, 1.54) is 0 Å². The zero-order valence-corrected chi connectivity index (χ0v) is 11.4. The number of aromatic amines is 1. The smallest absolute Gasteiger partial charge is 0.335 e. The number of aromatic nitrogens is 2. The van der Waals surface area contributed by atoms with Gasteiger partial charge in [-0.15, -0.1) is 0 Å². The average molecular weight is 290 g/mol. The SMILES string of the molecule is CCc1c(O)n(-c2ccc3c(c2)OCCO3)c(=O)[nH]c1=O. The predicted molar refractivity (Wildman–Crippen MR) is 74.7 cm³/mol. The van der Waals surface area contributed by atoms with E-state index in [9.17, 15) is 14.7 Å². The monoisotopic (exact) mass is 290 g/mol. The van der Waals surface area contributed by atoms with Crippen molar-refractivity contribution in [3.05, 3.63) is 44.6 Å². The number of H-pyrrole nitrogens is 1. The second-order valence-electron chi connectivity index (χ2n) is 4.58. The Labute approximate surface area is 119 Å². The molecule has 1 aliphatic rings. The lowest BCUT2D eigenvalue weighted by Gasteiger charge is -2.19.